The number of hydrogen-bond acceptors (Lipinski definition) is 4. The number of nitrogens with two attached hydrogens (primary N) is 1. The van der Waals surface area contributed by atoms with Crippen LogP contribution in [0.5, 0.6) is 0 Å². The van der Waals surface area contributed by atoms with E-state index in [2.05, 4.69) is 10.3 Å². The van der Waals surface area contributed by atoms with E-state index in [9.17, 15) is 9.18 Å². The molecule has 1 amide bonds. The number of benzene rings is 1. The first-order chi connectivity index (χ1) is 9.72. The summed E-state index contributed by atoms with van der Waals surface area (Å²) in [6.07, 6.45) is 1.71. The van der Waals surface area contributed by atoms with Crippen LogP contribution in [0.25, 0.3) is 10.6 Å². The number of nitrogens with zero attached hydrogens (tertiary/aromatic N) is 1. The van der Waals surface area contributed by atoms with Gasteiger partial charge in [0.2, 0.25) is 0 Å². The minimum Gasteiger partial charge on any atom is -0.351 e. The molecule has 1 heterocycles. The molecule has 1 aromatic heterocycles. The van der Waals surface area contributed by atoms with Gasteiger partial charge in [0.05, 0.1) is 0 Å². The van der Waals surface area contributed by atoms with Crippen molar-refractivity contribution in [2.75, 3.05) is 13.1 Å². The van der Waals surface area contributed by atoms with Gasteiger partial charge in [-0.25, -0.2) is 9.37 Å². The molecular weight excluding hydrogens is 277 g/mol. The number of carbonyl (C=O) groups is 1. The second kappa shape index (κ2) is 7.12. The van der Waals surface area contributed by atoms with Gasteiger partial charge in [-0.3, -0.25) is 4.79 Å². The largest absolute Gasteiger partial charge is 0.351 e. The molecule has 2 rings (SSSR count). The highest BCUT2D eigenvalue weighted by Crippen LogP contribution is 2.25. The van der Waals surface area contributed by atoms with Gasteiger partial charge < -0.3 is 11.1 Å². The van der Waals surface area contributed by atoms with Crippen LogP contribution in [0.4, 0.5) is 4.39 Å². The van der Waals surface area contributed by atoms with E-state index in [1.807, 2.05) is 0 Å². The van der Waals surface area contributed by atoms with Gasteiger partial charge in [-0.2, -0.15) is 0 Å². The summed E-state index contributed by atoms with van der Waals surface area (Å²) in [5.41, 5.74) is 6.12. The van der Waals surface area contributed by atoms with Crippen molar-refractivity contribution in [2.24, 2.45) is 5.73 Å². The Morgan fingerprint density at radius 3 is 2.90 bits per heavy atom. The third-order valence-electron chi connectivity index (χ3n) is 2.76. The Bertz CT molecular complexity index is 585. The molecule has 106 valence electrons. The molecule has 0 bridgehead atoms. The molecule has 0 aliphatic carbocycles. The van der Waals surface area contributed by atoms with E-state index in [0.29, 0.717) is 29.4 Å². The Labute approximate surface area is 120 Å². The summed E-state index contributed by atoms with van der Waals surface area (Å²) >= 11 is 1.26. The fraction of sp³-hybridized carbons (Fsp3) is 0.286. The zero-order chi connectivity index (χ0) is 14.4. The molecular formula is C14H16FN3OS. The zero-order valence-corrected chi connectivity index (χ0v) is 11.8. The number of nitrogens with one attached hydrogen (secondary N) is 1. The Balaban J connectivity index is 2.02. The fourth-order valence-electron chi connectivity index (χ4n) is 1.70. The number of aromatic nitrogens is 1. The number of halogens is 1. The third-order valence-corrected chi connectivity index (χ3v) is 3.63. The first kappa shape index (κ1) is 14.6. The van der Waals surface area contributed by atoms with Gasteiger partial charge in [-0.1, -0.05) is 12.1 Å². The summed E-state index contributed by atoms with van der Waals surface area (Å²) in [6.45, 7) is 1.19. The summed E-state index contributed by atoms with van der Waals surface area (Å²) in [5.74, 6) is -0.572. The SMILES string of the molecule is NCCCCNC(=O)c1csc(-c2ccccc2F)n1. The highest BCUT2D eigenvalue weighted by Gasteiger charge is 2.13. The average Bonchev–Trinajstić information content (AvgIpc) is 2.93. The molecule has 0 saturated heterocycles. The lowest BCUT2D eigenvalue weighted by molar-refractivity contribution is 0.0949. The van der Waals surface area contributed by atoms with Crippen LogP contribution in [0.2, 0.25) is 0 Å². The monoisotopic (exact) mass is 293 g/mol. The van der Waals surface area contributed by atoms with Gasteiger partial charge in [0.1, 0.15) is 16.5 Å². The second-order valence-corrected chi connectivity index (χ2v) is 5.13. The number of carbonyl (C=O) groups excluding carboxylic acids is 1. The maximum absolute atomic E-state index is 13.6. The van der Waals surface area contributed by atoms with Gasteiger partial charge in [0.25, 0.3) is 5.91 Å². The molecule has 6 heteroatoms. The molecule has 4 nitrogen and oxygen atoms in total. The number of unbranched alkanes of at least 4 members (excludes halogenated alkanes) is 1. The Morgan fingerprint density at radius 1 is 1.35 bits per heavy atom. The van der Waals surface area contributed by atoms with Gasteiger partial charge in [-0.05, 0) is 31.5 Å². The van der Waals surface area contributed by atoms with E-state index < -0.39 is 0 Å². The van der Waals surface area contributed by atoms with Crippen molar-refractivity contribution in [3.05, 3.63) is 41.2 Å². The molecule has 0 spiro atoms. The molecule has 0 fully saturated rings. The molecule has 1 aromatic carbocycles. The van der Waals surface area contributed by atoms with Crippen LogP contribution in [-0.2, 0) is 0 Å². The Hall–Kier alpha value is -1.79. The minimum atomic E-state index is -0.336. The van der Waals surface area contributed by atoms with Crippen LogP contribution >= 0.6 is 11.3 Å². The molecule has 0 atom stereocenters. The molecule has 3 N–H and O–H groups in total. The number of hydrogen-bond donors (Lipinski definition) is 2. The third kappa shape index (κ3) is 3.61. The maximum Gasteiger partial charge on any atom is 0.270 e. The van der Waals surface area contributed by atoms with E-state index in [0.717, 1.165) is 12.8 Å². The fourth-order valence-corrected chi connectivity index (χ4v) is 2.52. The summed E-state index contributed by atoms with van der Waals surface area (Å²) < 4.78 is 13.6. The van der Waals surface area contributed by atoms with E-state index in [1.165, 1.54) is 17.4 Å². The lowest BCUT2D eigenvalue weighted by Crippen LogP contribution is -2.25. The van der Waals surface area contributed by atoms with E-state index in [-0.39, 0.29) is 11.7 Å². The van der Waals surface area contributed by atoms with Crippen LogP contribution in [0.1, 0.15) is 23.3 Å². The molecule has 0 unspecified atom stereocenters. The normalized spacial score (nSPS) is 10.5. The van der Waals surface area contributed by atoms with Crippen LogP contribution in [0.15, 0.2) is 29.6 Å². The van der Waals surface area contributed by atoms with Crippen LogP contribution in [-0.4, -0.2) is 24.0 Å². The van der Waals surface area contributed by atoms with E-state index >= 15 is 0 Å². The number of amides is 1. The molecule has 0 aliphatic rings. The molecule has 0 saturated carbocycles. The molecule has 0 radical (unpaired) electrons. The van der Waals surface area contributed by atoms with Crippen molar-refractivity contribution < 1.29 is 9.18 Å². The van der Waals surface area contributed by atoms with Crippen molar-refractivity contribution >= 4 is 17.2 Å². The average molecular weight is 293 g/mol. The first-order valence-corrected chi connectivity index (χ1v) is 7.29. The molecule has 20 heavy (non-hydrogen) atoms. The summed E-state index contributed by atoms with van der Waals surface area (Å²) in [7, 11) is 0. The smallest absolute Gasteiger partial charge is 0.270 e. The topological polar surface area (TPSA) is 68.0 Å². The standard InChI is InChI=1S/C14H16FN3OS/c15-11-6-2-1-5-10(11)14-18-12(9-20-14)13(19)17-8-4-3-7-16/h1-2,5-6,9H,3-4,7-8,16H2,(H,17,19). The van der Waals surface area contributed by atoms with Crippen molar-refractivity contribution in [2.45, 2.75) is 12.8 Å². The predicted molar refractivity (Wildman–Crippen MR) is 78.1 cm³/mol. The van der Waals surface area contributed by atoms with Gasteiger partial charge >= 0.3 is 0 Å². The van der Waals surface area contributed by atoms with E-state index in [4.69, 9.17) is 5.73 Å². The summed E-state index contributed by atoms with van der Waals surface area (Å²) in [4.78, 5) is 16.0. The Kier molecular flexibility index (Phi) is 5.20. The second-order valence-electron chi connectivity index (χ2n) is 4.27. The van der Waals surface area contributed by atoms with Crippen molar-refractivity contribution in [3.63, 3.8) is 0 Å². The minimum absolute atomic E-state index is 0.235. The van der Waals surface area contributed by atoms with Crippen molar-refractivity contribution in [1.82, 2.24) is 10.3 Å². The lowest BCUT2D eigenvalue weighted by Gasteiger charge is -2.01. The number of thiazole rings is 1. The predicted octanol–water partition coefficient (Wildman–Crippen LogP) is 2.42. The van der Waals surface area contributed by atoms with Crippen LogP contribution in [0, 0.1) is 5.82 Å². The highest BCUT2D eigenvalue weighted by atomic mass is 32.1. The first-order valence-electron chi connectivity index (χ1n) is 6.41. The summed E-state index contributed by atoms with van der Waals surface area (Å²) in [6, 6.07) is 6.39. The van der Waals surface area contributed by atoms with Crippen molar-refractivity contribution in [3.8, 4) is 10.6 Å². The van der Waals surface area contributed by atoms with Gasteiger partial charge in [0.15, 0.2) is 0 Å². The quantitative estimate of drug-likeness (QED) is 0.804. The van der Waals surface area contributed by atoms with Crippen LogP contribution < -0.4 is 11.1 Å². The van der Waals surface area contributed by atoms with Crippen molar-refractivity contribution in [1.29, 1.82) is 0 Å². The molecule has 2 aromatic rings. The van der Waals surface area contributed by atoms with Gasteiger partial charge in [-0.15, -0.1) is 11.3 Å². The number of rotatable bonds is 6. The maximum atomic E-state index is 13.6. The van der Waals surface area contributed by atoms with Gasteiger partial charge in [0, 0.05) is 17.5 Å². The Morgan fingerprint density at radius 2 is 2.15 bits per heavy atom. The highest BCUT2D eigenvalue weighted by molar-refractivity contribution is 7.13. The summed E-state index contributed by atoms with van der Waals surface area (Å²) in [5, 5.41) is 4.92. The van der Waals surface area contributed by atoms with E-state index in [1.54, 1.807) is 23.6 Å². The zero-order valence-electron chi connectivity index (χ0n) is 10.9. The molecule has 0 aliphatic heterocycles. The lowest BCUT2D eigenvalue weighted by atomic mass is 10.2. The van der Waals surface area contributed by atoms with Crippen LogP contribution in [0.3, 0.4) is 0 Å².